The molecule has 3 amide bonds. The number of anilines is 1. The molecular formula is C20H19F6N3O2. The zero-order valence-electron chi connectivity index (χ0n) is 16.3. The molecule has 0 saturated heterocycles. The first-order valence-electron chi connectivity index (χ1n) is 8.98. The van der Waals surface area contributed by atoms with Gasteiger partial charge in [0, 0.05) is 32.2 Å². The molecule has 2 N–H and O–H groups in total. The number of urea groups is 1. The molecule has 5 nitrogen and oxygen atoms in total. The maximum absolute atomic E-state index is 12.9. The number of hydrogen-bond acceptors (Lipinski definition) is 2. The van der Waals surface area contributed by atoms with Gasteiger partial charge in [0.25, 0.3) is 0 Å². The van der Waals surface area contributed by atoms with Crippen molar-refractivity contribution >= 4 is 17.6 Å². The predicted octanol–water partition coefficient (Wildman–Crippen LogP) is 4.89. The Morgan fingerprint density at radius 1 is 0.903 bits per heavy atom. The van der Waals surface area contributed by atoms with Crippen molar-refractivity contribution in [3.05, 3.63) is 65.2 Å². The quantitative estimate of drug-likeness (QED) is 0.620. The zero-order valence-corrected chi connectivity index (χ0v) is 16.3. The highest BCUT2D eigenvalue weighted by Gasteiger charge is 2.37. The summed E-state index contributed by atoms with van der Waals surface area (Å²) in [6, 6.07) is 9.40. The first-order valence-corrected chi connectivity index (χ1v) is 8.98. The Kier molecular flexibility index (Phi) is 7.53. The largest absolute Gasteiger partial charge is 0.416 e. The minimum atomic E-state index is -5.02. The van der Waals surface area contributed by atoms with Crippen LogP contribution in [0.1, 0.15) is 23.1 Å². The number of amides is 3. The minimum absolute atomic E-state index is 0.0293. The highest BCUT2D eigenvalue weighted by molar-refractivity contribution is 5.91. The van der Waals surface area contributed by atoms with Crippen molar-refractivity contribution in [3.8, 4) is 0 Å². The van der Waals surface area contributed by atoms with Gasteiger partial charge in [-0.1, -0.05) is 30.3 Å². The summed E-state index contributed by atoms with van der Waals surface area (Å²) in [5, 5.41) is 4.46. The molecule has 0 aliphatic heterocycles. The standard InChI is InChI=1S/C20H19F6N3O2/c1-29(12-13-5-3-2-4-6-13)18(31)27-8-7-17(30)28-16-10-14(19(21,22)23)9-15(11-16)20(24,25)26/h2-6,9-11H,7-8,12H2,1H3,(H,27,31)(H,28,30). The Labute approximate surface area is 174 Å². The van der Waals surface area contributed by atoms with E-state index in [4.69, 9.17) is 0 Å². The summed E-state index contributed by atoms with van der Waals surface area (Å²) in [7, 11) is 1.53. The van der Waals surface area contributed by atoms with E-state index >= 15 is 0 Å². The van der Waals surface area contributed by atoms with E-state index in [1.807, 2.05) is 35.6 Å². The van der Waals surface area contributed by atoms with Crippen molar-refractivity contribution in [2.24, 2.45) is 0 Å². The number of rotatable bonds is 6. The molecule has 31 heavy (non-hydrogen) atoms. The van der Waals surface area contributed by atoms with Crippen molar-refractivity contribution in [2.75, 3.05) is 18.9 Å². The number of nitrogens with one attached hydrogen (secondary N) is 2. The molecule has 2 aromatic carbocycles. The highest BCUT2D eigenvalue weighted by atomic mass is 19.4. The maximum atomic E-state index is 12.9. The summed E-state index contributed by atoms with van der Waals surface area (Å²) in [5.74, 6) is -0.849. The summed E-state index contributed by atoms with van der Waals surface area (Å²) in [4.78, 5) is 25.3. The van der Waals surface area contributed by atoms with Gasteiger partial charge in [0.05, 0.1) is 11.1 Å². The molecule has 0 aromatic heterocycles. The van der Waals surface area contributed by atoms with E-state index in [1.165, 1.54) is 11.9 Å². The molecule has 0 atom stereocenters. The van der Waals surface area contributed by atoms with Crippen LogP contribution in [-0.4, -0.2) is 30.4 Å². The van der Waals surface area contributed by atoms with Crippen LogP contribution in [0.3, 0.4) is 0 Å². The molecule has 0 aliphatic rings. The van der Waals surface area contributed by atoms with Crippen molar-refractivity contribution in [1.82, 2.24) is 10.2 Å². The average Bonchev–Trinajstić information content (AvgIpc) is 2.67. The van der Waals surface area contributed by atoms with Crippen LogP contribution in [0, 0.1) is 0 Å². The van der Waals surface area contributed by atoms with E-state index in [9.17, 15) is 35.9 Å². The molecule has 0 unspecified atom stereocenters. The van der Waals surface area contributed by atoms with Gasteiger partial charge in [-0.15, -0.1) is 0 Å². The zero-order chi connectivity index (χ0) is 23.2. The fraction of sp³-hybridized carbons (Fsp3) is 0.300. The molecule has 0 heterocycles. The molecule has 0 bridgehead atoms. The van der Waals surface area contributed by atoms with Gasteiger partial charge in [0.15, 0.2) is 0 Å². The van der Waals surface area contributed by atoms with Gasteiger partial charge in [-0.25, -0.2) is 4.79 Å². The lowest BCUT2D eigenvalue weighted by molar-refractivity contribution is -0.143. The van der Waals surface area contributed by atoms with E-state index in [0.717, 1.165) is 5.56 Å². The molecule has 0 saturated carbocycles. The van der Waals surface area contributed by atoms with Crippen LogP contribution >= 0.6 is 0 Å². The number of hydrogen-bond donors (Lipinski definition) is 2. The van der Waals surface area contributed by atoms with Crippen molar-refractivity contribution in [1.29, 1.82) is 0 Å². The lowest BCUT2D eigenvalue weighted by Crippen LogP contribution is -2.38. The van der Waals surface area contributed by atoms with Gasteiger partial charge < -0.3 is 15.5 Å². The Hall–Kier alpha value is -3.24. The molecule has 2 rings (SSSR count). The topological polar surface area (TPSA) is 61.4 Å². The van der Waals surface area contributed by atoms with Crippen LogP contribution in [-0.2, 0) is 23.7 Å². The van der Waals surface area contributed by atoms with E-state index in [1.54, 1.807) is 0 Å². The number of carbonyl (C=O) groups is 2. The number of benzene rings is 2. The van der Waals surface area contributed by atoms with Crippen molar-refractivity contribution < 1.29 is 35.9 Å². The predicted molar refractivity (Wildman–Crippen MR) is 101 cm³/mol. The third-order valence-electron chi connectivity index (χ3n) is 4.11. The second-order valence-corrected chi connectivity index (χ2v) is 6.67. The van der Waals surface area contributed by atoms with Gasteiger partial charge in [-0.05, 0) is 23.8 Å². The first kappa shape index (κ1) is 24.0. The third-order valence-corrected chi connectivity index (χ3v) is 4.11. The van der Waals surface area contributed by atoms with Gasteiger partial charge in [0.2, 0.25) is 5.91 Å². The Morgan fingerprint density at radius 3 is 1.97 bits per heavy atom. The number of alkyl halides is 6. The van der Waals surface area contributed by atoms with Crippen LogP contribution < -0.4 is 10.6 Å². The molecule has 0 spiro atoms. The minimum Gasteiger partial charge on any atom is -0.337 e. The highest BCUT2D eigenvalue weighted by Crippen LogP contribution is 2.37. The van der Waals surface area contributed by atoms with E-state index < -0.39 is 41.1 Å². The van der Waals surface area contributed by atoms with Crippen LogP contribution in [0.15, 0.2) is 48.5 Å². The molecule has 11 heteroatoms. The summed E-state index contributed by atoms with van der Waals surface area (Å²) >= 11 is 0. The smallest absolute Gasteiger partial charge is 0.337 e. The molecule has 0 aliphatic carbocycles. The van der Waals surface area contributed by atoms with Gasteiger partial charge in [0.1, 0.15) is 0 Å². The van der Waals surface area contributed by atoms with E-state index in [0.29, 0.717) is 18.7 Å². The summed E-state index contributed by atoms with van der Waals surface area (Å²) < 4.78 is 77.2. The fourth-order valence-electron chi connectivity index (χ4n) is 2.60. The molecule has 168 valence electrons. The fourth-order valence-corrected chi connectivity index (χ4v) is 2.60. The van der Waals surface area contributed by atoms with Crippen LogP contribution in [0.5, 0.6) is 0 Å². The summed E-state index contributed by atoms with van der Waals surface area (Å²) in [5.41, 5.74) is -2.83. The Balaban J connectivity index is 1.93. The van der Waals surface area contributed by atoms with Crippen LogP contribution in [0.4, 0.5) is 36.8 Å². The monoisotopic (exact) mass is 447 g/mol. The lowest BCUT2D eigenvalue weighted by Gasteiger charge is -2.18. The lowest BCUT2D eigenvalue weighted by atomic mass is 10.1. The molecule has 2 aromatic rings. The average molecular weight is 447 g/mol. The van der Waals surface area contributed by atoms with Gasteiger partial charge >= 0.3 is 18.4 Å². The second kappa shape index (κ2) is 9.71. The third kappa shape index (κ3) is 7.50. The van der Waals surface area contributed by atoms with E-state index in [-0.39, 0.29) is 19.0 Å². The number of carbonyl (C=O) groups excluding carboxylic acids is 2. The van der Waals surface area contributed by atoms with Gasteiger partial charge in [-0.3, -0.25) is 4.79 Å². The number of nitrogens with zero attached hydrogens (tertiary/aromatic N) is 1. The van der Waals surface area contributed by atoms with Crippen LogP contribution in [0.25, 0.3) is 0 Å². The van der Waals surface area contributed by atoms with Crippen molar-refractivity contribution in [3.63, 3.8) is 0 Å². The Bertz CT molecular complexity index is 881. The van der Waals surface area contributed by atoms with Gasteiger partial charge in [-0.2, -0.15) is 26.3 Å². The Morgan fingerprint density at radius 2 is 1.45 bits per heavy atom. The summed E-state index contributed by atoms with van der Waals surface area (Å²) in [6.07, 6.45) is -10.4. The summed E-state index contributed by atoms with van der Waals surface area (Å²) in [6.45, 7) is 0.151. The van der Waals surface area contributed by atoms with Crippen molar-refractivity contribution in [2.45, 2.75) is 25.3 Å². The molecule has 0 fully saturated rings. The molecular weight excluding hydrogens is 428 g/mol. The SMILES string of the molecule is CN(Cc1ccccc1)C(=O)NCCC(=O)Nc1cc(C(F)(F)F)cc(C(F)(F)F)c1. The number of halogens is 6. The maximum Gasteiger partial charge on any atom is 0.416 e. The second-order valence-electron chi connectivity index (χ2n) is 6.67. The molecule has 0 radical (unpaired) electrons. The normalized spacial score (nSPS) is 11.7. The van der Waals surface area contributed by atoms with E-state index in [2.05, 4.69) is 5.32 Å². The first-order chi connectivity index (χ1) is 14.4. The van der Waals surface area contributed by atoms with Crippen LogP contribution in [0.2, 0.25) is 0 Å².